The summed E-state index contributed by atoms with van der Waals surface area (Å²) < 4.78 is 28.9. The van der Waals surface area contributed by atoms with Crippen molar-refractivity contribution < 1.29 is 48.0 Å². The van der Waals surface area contributed by atoms with Crippen LogP contribution in [0.15, 0.2) is 60.2 Å². The number of ether oxygens (including phenoxy) is 5. The van der Waals surface area contributed by atoms with E-state index in [0.717, 1.165) is 11.1 Å². The van der Waals surface area contributed by atoms with Crippen LogP contribution in [-0.2, 0) is 35.0 Å². The molecule has 3 heterocycles. The summed E-state index contributed by atoms with van der Waals surface area (Å²) in [7, 11) is 5.94. The molecule has 0 aliphatic carbocycles. The van der Waals surface area contributed by atoms with Crippen molar-refractivity contribution in [2.75, 3.05) is 38.9 Å². The molecule has 286 valence electrons. The van der Waals surface area contributed by atoms with Crippen LogP contribution in [0.3, 0.4) is 0 Å². The molecule has 4 N–H and O–H groups in total. The van der Waals surface area contributed by atoms with Gasteiger partial charge in [0.25, 0.3) is 5.91 Å². The molecule has 2 aromatic carbocycles. The van der Waals surface area contributed by atoms with Gasteiger partial charge in [0.05, 0.1) is 25.3 Å². The van der Waals surface area contributed by atoms with Gasteiger partial charge in [-0.2, -0.15) is 0 Å². The van der Waals surface area contributed by atoms with E-state index in [1.807, 2.05) is 13.0 Å². The molecule has 7 atom stereocenters. The number of fused-ring (bicyclic) bond motifs is 5. The van der Waals surface area contributed by atoms with Crippen molar-refractivity contribution in [2.24, 2.45) is 0 Å². The number of carbonyl (C=O) groups is 4. The summed E-state index contributed by atoms with van der Waals surface area (Å²) >= 11 is 6.74. The predicted molar refractivity (Wildman–Crippen MR) is 197 cm³/mol. The Morgan fingerprint density at radius 3 is 2.55 bits per heavy atom. The second-order valence-corrected chi connectivity index (χ2v) is 14.3. The standard InChI is InChI=1S/C38H47ClN4O10/c1-21-9-8-10-29(50-7)38(48)20-26(51-36(47)41-38)18-31-37(3,53-31)30(19-32(44)43(5)27-16-23(15-21)17-28(49-6)33(27)39)52-35(46)22(2)42(4)34(45)24-11-13-25(40)14-12-24/h8-14,16-17,22,26,29-31,48H,15,18-20,40H2,1-7H3,(H,41,47)/b10-8+,21-9+/t22-,26+,29+,30-,31-,37-,38-/m0/s1. The summed E-state index contributed by atoms with van der Waals surface area (Å²) in [5.74, 6) is -1.29. The average Bonchev–Trinajstić information content (AvgIpc) is 3.77. The van der Waals surface area contributed by atoms with E-state index in [9.17, 15) is 24.3 Å². The van der Waals surface area contributed by atoms with Crippen LogP contribution in [-0.4, -0.2) is 104 Å². The third-order valence-corrected chi connectivity index (χ3v) is 10.5. The number of aliphatic hydroxyl groups is 1. The molecule has 53 heavy (non-hydrogen) atoms. The van der Waals surface area contributed by atoms with Gasteiger partial charge in [0.2, 0.25) is 5.91 Å². The van der Waals surface area contributed by atoms with Crippen LogP contribution in [0.4, 0.5) is 16.2 Å². The third-order valence-electron chi connectivity index (χ3n) is 10.2. The van der Waals surface area contributed by atoms with Crippen molar-refractivity contribution in [3.05, 3.63) is 76.3 Å². The lowest BCUT2D eigenvalue weighted by atomic mass is 9.90. The fraction of sp³-hybridized carbons (Fsp3) is 0.474. The SMILES string of the molecule is COc1cc2cc(c1Cl)N(C)C(=O)C[C@H](OC(=O)[C@H](C)N(C)C(=O)c1ccc(N)cc1)[C@]1(C)O[C@H]1C[C@@H]1C[C@@](O)(NC(=O)O1)[C@H](OC)/C=C/C=C(\C)C2. The number of allylic oxidation sites excluding steroid dienone is 3. The van der Waals surface area contributed by atoms with E-state index in [1.54, 1.807) is 62.5 Å². The first-order chi connectivity index (χ1) is 25.0. The summed E-state index contributed by atoms with van der Waals surface area (Å²) in [6.07, 6.45) is 1.00. The summed E-state index contributed by atoms with van der Waals surface area (Å²) in [5.41, 5.74) is 5.65. The van der Waals surface area contributed by atoms with Gasteiger partial charge >= 0.3 is 12.1 Å². The fourth-order valence-corrected chi connectivity index (χ4v) is 6.97. The number of hydrogen-bond acceptors (Lipinski definition) is 11. The summed E-state index contributed by atoms with van der Waals surface area (Å²) in [6.45, 7) is 5.13. The largest absolute Gasteiger partial charge is 0.495 e. The third kappa shape index (κ3) is 8.62. The van der Waals surface area contributed by atoms with E-state index < -0.39 is 65.7 Å². The van der Waals surface area contributed by atoms with E-state index in [0.29, 0.717) is 29.1 Å². The van der Waals surface area contributed by atoms with E-state index >= 15 is 0 Å². The molecule has 14 nitrogen and oxygen atoms in total. The number of halogens is 1. The van der Waals surface area contributed by atoms with Gasteiger partial charge in [0, 0.05) is 45.3 Å². The predicted octanol–water partition coefficient (Wildman–Crippen LogP) is 4.16. The number of methoxy groups -OCH3 is 2. The van der Waals surface area contributed by atoms with Gasteiger partial charge in [-0.05, 0) is 69.2 Å². The highest BCUT2D eigenvalue weighted by Crippen LogP contribution is 2.47. The molecule has 0 saturated carbocycles. The zero-order valence-electron chi connectivity index (χ0n) is 30.9. The van der Waals surface area contributed by atoms with Gasteiger partial charge in [0.1, 0.15) is 40.7 Å². The highest BCUT2D eigenvalue weighted by Gasteiger charge is 2.61. The molecule has 15 heteroatoms. The smallest absolute Gasteiger partial charge is 0.409 e. The van der Waals surface area contributed by atoms with Crippen LogP contribution in [0, 0.1) is 0 Å². The maximum Gasteiger partial charge on any atom is 0.409 e. The molecule has 0 aromatic heterocycles. The molecule has 2 saturated heterocycles. The maximum absolute atomic E-state index is 14.1. The number of hydrogen-bond donors (Lipinski definition) is 3. The van der Waals surface area contributed by atoms with Gasteiger partial charge in [-0.25, -0.2) is 9.59 Å². The van der Waals surface area contributed by atoms with Crippen molar-refractivity contribution in [3.8, 4) is 5.75 Å². The number of benzene rings is 2. The molecule has 4 bridgehead atoms. The van der Waals surface area contributed by atoms with Gasteiger partial charge in [0.15, 0.2) is 5.72 Å². The number of nitrogen functional groups attached to an aromatic ring is 1. The number of nitrogens with one attached hydrogen (secondary N) is 1. The number of alkyl carbamates (subject to hydrolysis) is 1. The van der Waals surface area contributed by atoms with Crippen LogP contribution in [0.5, 0.6) is 5.75 Å². The van der Waals surface area contributed by atoms with Crippen molar-refractivity contribution >= 4 is 46.9 Å². The Morgan fingerprint density at radius 2 is 1.89 bits per heavy atom. The Morgan fingerprint density at radius 1 is 1.19 bits per heavy atom. The Labute approximate surface area is 313 Å². The van der Waals surface area contributed by atoms with Crippen molar-refractivity contribution in [1.82, 2.24) is 10.2 Å². The number of anilines is 2. The first-order valence-corrected chi connectivity index (χ1v) is 17.6. The molecular weight excluding hydrogens is 708 g/mol. The number of rotatable bonds is 6. The molecule has 0 radical (unpaired) electrons. The number of carbonyl (C=O) groups excluding carboxylic acids is 4. The quantitative estimate of drug-likeness (QED) is 0.219. The normalized spacial score (nSPS) is 29.7. The van der Waals surface area contributed by atoms with E-state index in [2.05, 4.69) is 5.32 Å². The zero-order valence-corrected chi connectivity index (χ0v) is 31.6. The number of amides is 3. The Bertz CT molecular complexity index is 1800. The molecule has 3 amide bonds. The van der Waals surface area contributed by atoms with Gasteiger partial charge in [-0.15, -0.1) is 0 Å². The summed E-state index contributed by atoms with van der Waals surface area (Å²) in [5, 5.41) is 14.3. The van der Waals surface area contributed by atoms with Crippen LogP contribution in [0.25, 0.3) is 0 Å². The first-order valence-electron chi connectivity index (χ1n) is 17.2. The van der Waals surface area contributed by atoms with Crippen molar-refractivity contribution in [2.45, 2.75) is 88.2 Å². The summed E-state index contributed by atoms with van der Waals surface area (Å²) in [4.78, 5) is 56.4. The average molecular weight is 755 g/mol. The van der Waals surface area contributed by atoms with E-state index in [-0.39, 0.29) is 24.3 Å². The minimum Gasteiger partial charge on any atom is -0.495 e. The topological polar surface area (TPSA) is 182 Å². The summed E-state index contributed by atoms with van der Waals surface area (Å²) in [6, 6.07) is 8.80. The Kier molecular flexibility index (Phi) is 11.8. The first kappa shape index (κ1) is 39.6. The van der Waals surface area contributed by atoms with Gasteiger partial charge in [-0.3, -0.25) is 14.9 Å². The molecule has 3 aliphatic heterocycles. The van der Waals surface area contributed by atoms with Crippen LogP contribution in [0.1, 0.15) is 56.0 Å². The Hall–Kier alpha value is -4.63. The molecular formula is C38H47ClN4O10. The number of epoxide rings is 1. The monoisotopic (exact) mass is 754 g/mol. The lowest BCUT2D eigenvalue weighted by Crippen LogP contribution is -2.62. The molecule has 5 rings (SSSR count). The molecule has 2 fully saturated rings. The minimum absolute atomic E-state index is 0.0500. The highest BCUT2D eigenvalue weighted by molar-refractivity contribution is 6.35. The van der Waals surface area contributed by atoms with Crippen LogP contribution in [0.2, 0.25) is 5.02 Å². The van der Waals surface area contributed by atoms with E-state index in [1.165, 1.54) is 38.0 Å². The molecule has 3 aliphatic rings. The Balaban J connectivity index is 1.49. The molecule has 0 spiro atoms. The minimum atomic E-state index is -1.82. The molecule has 2 aromatic rings. The lowest BCUT2D eigenvalue weighted by Gasteiger charge is -2.40. The second kappa shape index (κ2) is 15.8. The van der Waals surface area contributed by atoms with Crippen LogP contribution >= 0.6 is 11.6 Å². The molecule has 0 unspecified atom stereocenters. The van der Waals surface area contributed by atoms with E-state index in [4.69, 9.17) is 41.0 Å². The number of nitrogens with two attached hydrogens (primary N) is 1. The second-order valence-electron chi connectivity index (χ2n) is 14.0. The fourth-order valence-electron chi connectivity index (χ4n) is 6.65. The lowest BCUT2D eigenvalue weighted by molar-refractivity contribution is -0.158. The number of nitrogens with zero attached hydrogens (tertiary/aromatic N) is 2. The van der Waals surface area contributed by atoms with Crippen LogP contribution < -0.4 is 20.7 Å². The van der Waals surface area contributed by atoms with Gasteiger partial charge < -0.3 is 44.3 Å². The highest BCUT2D eigenvalue weighted by atomic mass is 35.5. The van der Waals surface area contributed by atoms with Crippen molar-refractivity contribution in [1.29, 1.82) is 0 Å². The number of esters is 1. The van der Waals surface area contributed by atoms with Gasteiger partial charge in [-0.1, -0.05) is 35.4 Å². The maximum atomic E-state index is 14.1. The zero-order chi connectivity index (χ0) is 38.8. The number of likely N-dealkylation sites (N-methyl/N-ethyl adjacent to an activating group) is 1. The van der Waals surface area contributed by atoms with Crippen molar-refractivity contribution in [3.63, 3.8) is 0 Å².